The van der Waals surface area contributed by atoms with Crippen LogP contribution in [-0.4, -0.2) is 40.4 Å². The number of carbonyl (C=O) groups excluding carboxylic acids is 1. The lowest BCUT2D eigenvalue weighted by atomic mass is 10.0. The van der Waals surface area contributed by atoms with Crippen molar-refractivity contribution in [3.05, 3.63) is 58.9 Å². The van der Waals surface area contributed by atoms with Crippen LogP contribution in [0.4, 0.5) is 0 Å². The van der Waals surface area contributed by atoms with Crippen LogP contribution in [0.15, 0.2) is 34.9 Å². The van der Waals surface area contributed by atoms with Crippen LogP contribution >= 0.6 is 0 Å². The summed E-state index contributed by atoms with van der Waals surface area (Å²) in [6, 6.07) is 7.78. The van der Waals surface area contributed by atoms with Gasteiger partial charge in [-0.3, -0.25) is 4.79 Å². The Labute approximate surface area is 157 Å². The predicted octanol–water partition coefficient (Wildman–Crippen LogP) is 2.81. The topological polar surface area (TPSA) is 71.3 Å². The van der Waals surface area contributed by atoms with Crippen LogP contribution in [0.25, 0.3) is 11.0 Å². The average Bonchev–Trinajstić information content (AvgIpc) is 3.35. The van der Waals surface area contributed by atoms with Gasteiger partial charge < -0.3 is 14.6 Å². The molecule has 0 bridgehead atoms. The summed E-state index contributed by atoms with van der Waals surface area (Å²) >= 11 is 0. The Morgan fingerprint density at radius 1 is 1.33 bits per heavy atom. The predicted molar refractivity (Wildman–Crippen MR) is 102 cm³/mol. The molecule has 0 aliphatic carbocycles. The van der Waals surface area contributed by atoms with Crippen LogP contribution in [0.2, 0.25) is 0 Å². The van der Waals surface area contributed by atoms with Gasteiger partial charge in [-0.1, -0.05) is 18.2 Å². The Bertz CT molecular complexity index is 1020. The molecule has 0 radical (unpaired) electrons. The van der Waals surface area contributed by atoms with E-state index < -0.39 is 0 Å². The summed E-state index contributed by atoms with van der Waals surface area (Å²) in [5.74, 6) is 1.73. The normalized spacial score (nSPS) is 19.4. The van der Waals surface area contributed by atoms with E-state index in [2.05, 4.69) is 10.3 Å². The summed E-state index contributed by atoms with van der Waals surface area (Å²) in [4.78, 5) is 24.3. The number of benzene rings is 1. The van der Waals surface area contributed by atoms with Gasteiger partial charge in [-0.05, 0) is 26.0 Å². The van der Waals surface area contributed by atoms with Gasteiger partial charge in [-0.15, -0.1) is 0 Å². The van der Waals surface area contributed by atoms with Crippen molar-refractivity contribution < 1.29 is 9.21 Å². The summed E-state index contributed by atoms with van der Waals surface area (Å²) in [5.41, 5.74) is 3.78. The van der Waals surface area contributed by atoms with Gasteiger partial charge in [0.25, 0.3) is 5.91 Å². The van der Waals surface area contributed by atoms with Crippen LogP contribution < -0.4 is 5.32 Å². The average molecular weight is 362 g/mol. The van der Waals surface area contributed by atoms with Gasteiger partial charge in [0, 0.05) is 54.7 Å². The minimum Gasteiger partial charge on any atom is -0.451 e. The summed E-state index contributed by atoms with van der Waals surface area (Å²) in [7, 11) is 0. The second kappa shape index (κ2) is 6.46. The lowest BCUT2D eigenvalue weighted by molar-refractivity contribution is 0.0702. The van der Waals surface area contributed by atoms with Gasteiger partial charge in [0.1, 0.15) is 11.4 Å². The summed E-state index contributed by atoms with van der Waals surface area (Å²) < 4.78 is 5.86. The molecule has 0 unspecified atom stereocenters. The number of furan rings is 1. The zero-order chi connectivity index (χ0) is 18.4. The highest BCUT2D eigenvalue weighted by Gasteiger charge is 2.28. The zero-order valence-corrected chi connectivity index (χ0v) is 15.4. The number of hydrogen-bond donors (Lipinski definition) is 1. The van der Waals surface area contributed by atoms with Crippen LogP contribution in [0.3, 0.4) is 0 Å². The molecule has 1 N–H and O–H groups in total. The smallest absolute Gasteiger partial charge is 0.290 e. The number of amides is 1. The molecule has 5 rings (SSSR count). The Morgan fingerprint density at radius 2 is 2.22 bits per heavy atom. The van der Waals surface area contributed by atoms with Crippen molar-refractivity contribution in [2.45, 2.75) is 32.2 Å². The van der Waals surface area contributed by atoms with Gasteiger partial charge in [0.2, 0.25) is 0 Å². The monoisotopic (exact) mass is 362 g/mol. The van der Waals surface area contributed by atoms with Gasteiger partial charge in [-0.25, -0.2) is 9.97 Å². The maximum Gasteiger partial charge on any atom is 0.290 e. The highest BCUT2D eigenvalue weighted by Crippen LogP contribution is 2.28. The summed E-state index contributed by atoms with van der Waals surface area (Å²) in [5, 5.41) is 4.36. The molecular formula is C21H22N4O2. The molecule has 6 nitrogen and oxygen atoms in total. The highest BCUT2D eigenvalue weighted by molar-refractivity contribution is 5.99. The molecule has 1 aromatic carbocycles. The molecule has 1 atom stereocenters. The maximum absolute atomic E-state index is 13.1. The van der Waals surface area contributed by atoms with E-state index >= 15 is 0 Å². The number of nitrogens with one attached hydrogen (secondary N) is 1. The lowest BCUT2D eigenvalue weighted by Gasteiger charge is -2.28. The molecule has 2 aromatic heterocycles. The molecule has 3 aromatic rings. The Balaban J connectivity index is 1.39. The van der Waals surface area contributed by atoms with Gasteiger partial charge in [0.05, 0.1) is 5.69 Å². The maximum atomic E-state index is 13.1. The molecule has 0 saturated carbocycles. The van der Waals surface area contributed by atoms with Crippen LogP contribution in [0.1, 0.15) is 45.5 Å². The number of rotatable bonds is 2. The third kappa shape index (κ3) is 2.80. The van der Waals surface area contributed by atoms with E-state index in [9.17, 15) is 4.79 Å². The van der Waals surface area contributed by atoms with Crippen molar-refractivity contribution in [1.82, 2.24) is 20.2 Å². The fourth-order valence-corrected chi connectivity index (χ4v) is 4.10. The fourth-order valence-electron chi connectivity index (χ4n) is 4.10. The molecule has 0 spiro atoms. The van der Waals surface area contributed by atoms with Crippen LogP contribution in [0.5, 0.6) is 0 Å². The SMILES string of the molecule is Cc1c(C(=O)N2CCc3nc([C@H]4CCNC4)ncc3C2)oc2ccccc12. The van der Waals surface area contributed by atoms with E-state index in [0.29, 0.717) is 24.8 Å². The van der Waals surface area contributed by atoms with Gasteiger partial charge in [0.15, 0.2) is 5.76 Å². The van der Waals surface area contributed by atoms with Crippen LogP contribution in [-0.2, 0) is 13.0 Å². The number of carbonyl (C=O) groups is 1. The standard InChI is InChI=1S/C21H22N4O2/c1-13-16-4-2-3-5-18(16)27-19(13)21(26)25-9-7-17-15(12-25)11-23-20(24-17)14-6-8-22-10-14/h2-5,11,14,22H,6-10,12H2,1H3/t14-/m0/s1. The molecule has 4 heterocycles. The van der Waals surface area contributed by atoms with Gasteiger partial charge >= 0.3 is 0 Å². The summed E-state index contributed by atoms with van der Waals surface area (Å²) in [6.45, 7) is 5.12. The third-order valence-corrected chi connectivity index (χ3v) is 5.70. The fraction of sp³-hybridized carbons (Fsp3) is 0.381. The first-order valence-corrected chi connectivity index (χ1v) is 9.53. The Hall–Kier alpha value is -2.73. The molecule has 6 heteroatoms. The van der Waals surface area contributed by atoms with Crippen molar-refractivity contribution in [2.24, 2.45) is 0 Å². The number of nitrogens with zero attached hydrogens (tertiary/aromatic N) is 3. The van der Waals surface area contributed by atoms with Gasteiger partial charge in [-0.2, -0.15) is 0 Å². The van der Waals surface area contributed by atoms with E-state index in [1.807, 2.05) is 42.3 Å². The van der Waals surface area contributed by atoms with Crippen molar-refractivity contribution >= 4 is 16.9 Å². The quantitative estimate of drug-likeness (QED) is 0.759. The number of aryl methyl sites for hydroxylation is 1. The van der Waals surface area contributed by atoms with E-state index in [0.717, 1.165) is 59.5 Å². The molecule has 27 heavy (non-hydrogen) atoms. The number of hydrogen-bond acceptors (Lipinski definition) is 5. The number of fused-ring (bicyclic) bond motifs is 2. The third-order valence-electron chi connectivity index (χ3n) is 5.70. The first-order chi connectivity index (χ1) is 13.2. The molecule has 1 saturated heterocycles. The van der Waals surface area contributed by atoms with Crippen molar-refractivity contribution in [3.63, 3.8) is 0 Å². The van der Waals surface area contributed by atoms with Crippen molar-refractivity contribution in [1.29, 1.82) is 0 Å². The largest absolute Gasteiger partial charge is 0.451 e. The Kier molecular flexibility index (Phi) is 3.93. The van der Waals surface area contributed by atoms with E-state index in [1.165, 1.54) is 0 Å². The van der Waals surface area contributed by atoms with E-state index in [-0.39, 0.29) is 5.91 Å². The molecule has 2 aliphatic heterocycles. The number of para-hydroxylation sites is 1. The zero-order valence-electron chi connectivity index (χ0n) is 15.4. The first-order valence-electron chi connectivity index (χ1n) is 9.53. The second-order valence-electron chi connectivity index (χ2n) is 7.42. The van der Waals surface area contributed by atoms with E-state index in [1.54, 1.807) is 0 Å². The molecule has 1 fully saturated rings. The summed E-state index contributed by atoms with van der Waals surface area (Å²) in [6.07, 6.45) is 3.76. The van der Waals surface area contributed by atoms with E-state index in [4.69, 9.17) is 9.40 Å². The Morgan fingerprint density at radius 3 is 3.04 bits per heavy atom. The van der Waals surface area contributed by atoms with Crippen LogP contribution in [0, 0.1) is 6.92 Å². The van der Waals surface area contributed by atoms with Crippen molar-refractivity contribution in [3.8, 4) is 0 Å². The molecule has 138 valence electrons. The first kappa shape index (κ1) is 16.4. The minimum absolute atomic E-state index is 0.0570. The molecule has 2 aliphatic rings. The second-order valence-corrected chi connectivity index (χ2v) is 7.42. The number of aromatic nitrogens is 2. The lowest BCUT2D eigenvalue weighted by Crippen LogP contribution is -2.36. The van der Waals surface area contributed by atoms with Crippen molar-refractivity contribution in [2.75, 3.05) is 19.6 Å². The minimum atomic E-state index is -0.0570. The highest BCUT2D eigenvalue weighted by atomic mass is 16.3. The molecular weight excluding hydrogens is 340 g/mol. The molecule has 1 amide bonds.